The van der Waals surface area contributed by atoms with Gasteiger partial charge < -0.3 is 5.73 Å². The SMILES string of the molecule is Nc1nc(Cl)c2c(n1)CCS2. The molecular weight excluding hydrogens is 182 g/mol. The van der Waals surface area contributed by atoms with E-state index in [9.17, 15) is 0 Å². The minimum Gasteiger partial charge on any atom is -0.368 e. The van der Waals surface area contributed by atoms with Crippen LogP contribution >= 0.6 is 23.4 Å². The zero-order chi connectivity index (χ0) is 7.84. The molecule has 2 heterocycles. The van der Waals surface area contributed by atoms with Crippen molar-refractivity contribution >= 4 is 29.3 Å². The number of nitrogens with two attached hydrogens (primary N) is 1. The van der Waals surface area contributed by atoms with Gasteiger partial charge in [-0.2, -0.15) is 0 Å². The number of anilines is 1. The van der Waals surface area contributed by atoms with Gasteiger partial charge in [-0.3, -0.25) is 0 Å². The van der Waals surface area contributed by atoms with Crippen molar-refractivity contribution < 1.29 is 0 Å². The summed E-state index contributed by atoms with van der Waals surface area (Å²) in [6.07, 6.45) is 0.951. The second kappa shape index (κ2) is 2.53. The molecule has 0 saturated carbocycles. The van der Waals surface area contributed by atoms with Gasteiger partial charge in [0.2, 0.25) is 5.95 Å². The molecule has 1 aliphatic heterocycles. The number of aryl methyl sites for hydroxylation is 1. The molecule has 1 aromatic heterocycles. The van der Waals surface area contributed by atoms with Gasteiger partial charge in [-0.15, -0.1) is 11.8 Å². The van der Waals surface area contributed by atoms with Gasteiger partial charge in [0.15, 0.2) is 0 Å². The van der Waals surface area contributed by atoms with Gasteiger partial charge in [-0.1, -0.05) is 11.6 Å². The van der Waals surface area contributed by atoms with E-state index in [1.54, 1.807) is 11.8 Å². The number of nitrogen functional groups attached to an aromatic ring is 1. The summed E-state index contributed by atoms with van der Waals surface area (Å²) in [6.45, 7) is 0. The minimum atomic E-state index is 0.274. The van der Waals surface area contributed by atoms with Crippen LogP contribution in [0, 0.1) is 0 Å². The quantitative estimate of drug-likeness (QED) is 0.624. The van der Waals surface area contributed by atoms with Crippen molar-refractivity contribution in [3.63, 3.8) is 0 Å². The van der Waals surface area contributed by atoms with E-state index in [-0.39, 0.29) is 5.95 Å². The third-order valence-electron chi connectivity index (χ3n) is 1.50. The molecule has 2 rings (SSSR count). The Morgan fingerprint density at radius 2 is 2.27 bits per heavy atom. The first-order chi connectivity index (χ1) is 5.27. The molecule has 0 unspecified atom stereocenters. The smallest absolute Gasteiger partial charge is 0.221 e. The highest BCUT2D eigenvalue weighted by Gasteiger charge is 2.17. The molecule has 0 fully saturated rings. The predicted octanol–water partition coefficient (Wildman–Crippen LogP) is 1.36. The van der Waals surface area contributed by atoms with Crippen molar-refractivity contribution in [3.05, 3.63) is 10.8 Å². The fraction of sp³-hybridized carbons (Fsp3) is 0.333. The van der Waals surface area contributed by atoms with Gasteiger partial charge in [0.25, 0.3) is 0 Å². The third-order valence-corrected chi connectivity index (χ3v) is 3.01. The first-order valence-corrected chi connectivity index (χ1v) is 4.58. The summed E-state index contributed by atoms with van der Waals surface area (Å²) in [4.78, 5) is 8.93. The minimum absolute atomic E-state index is 0.274. The van der Waals surface area contributed by atoms with Crippen molar-refractivity contribution in [2.24, 2.45) is 0 Å². The van der Waals surface area contributed by atoms with E-state index in [1.165, 1.54) is 0 Å². The Morgan fingerprint density at radius 3 is 3.09 bits per heavy atom. The summed E-state index contributed by atoms with van der Waals surface area (Å²) in [5, 5.41) is 0.495. The zero-order valence-electron chi connectivity index (χ0n) is 5.67. The summed E-state index contributed by atoms with van der Waals surface area (Å²) >= 11 is 7.51. The largest absolute Gasteiger partial charge is 0.368 e. The average Bonchev–Trinajstić information content (AvgIpc) is 2.34. The Morgan fingerprint density at radius 1 is 1.45 bits per heavy atom. The first-order valence-electron chi connectivity index (χ1n) is 3.22. The van der Waals surface area contributed by atoms with Crippen molar-refractivity contribution in [1.82, 2.24) is 9.97 Å². The summed E-state index contributed by atoms with van der Waals surface area (Å²) in [5.41, 5.74) is 6.41. The molecule has 5 heteroatoms. The monoisotopic (exact) mass is 187 g/mol. The molecule has 0 atom stereocenters. The molecule has 0 amide bonds. The lowest BCUT2D eigenvalue weighted by Crippen LogP contribution is -1.98. The lowest BCUT2D eigenvalue weighted by atomic mass is 10.3. The second-order valence-corrected chi connectivity index (χ2v) is 3.71. The molecule has 11 heavy (non-hydrogen) atoms. The van der Waals surface area contributed by atoms with Crippen LogP contribution in [0.4, 0.5) is 5.95 Å². The number of nitrogens with zero attached hydrogens (tertiary/aromatic N) is 2. The molecule has 0 aliphatic carbocycles. The lowest BCUT2D eigenvalue weighted by Gasteiger charge is -1.99. The van der Waals surface area contributed by atoms with Crippen LogP contribution in [-0.4, -0.2) is 15.7 Å². The van der Waals surface area contributed by atoms with E-state index in [0.717, 1.165) is 22.8 Å². The Labute approximate surface area is 73.4 Å². The van der Waals surface area contributed by atoms with E-state index in [4.69, 9.17) is 17.3 Å². The number of rotatable bonds is 0. The molecule has 1 aliphatic rings. The molecule has 0 saturated heterocycles. The molecule has 0 radical (unpaired) electrons. The lowest BCUT2D eigenvalue weighted by molar-refractivity contribution is 0.988. The molecular formula is C6H6ClN3S. The van der Waals surface area contributed by atoms with Crippen molar-refractivity contribution in [2.45, 2.75) is 11.3 Å². The molecule has 0 aromatic carbocycles. The summed E-state index contributed by atoms with van der Waals surface area (Å²) in [6, 6.07) is 0. The number of fused-ring (bicyclic) bond motifs is 1. The van der Waals surface area contributed by atoms with E-state index < -0.39 is 0 Å². The Hall–Kier alpha value is -0.480. The van der Waals surface area contributed by atoms with E-state index in [0.29, 0.717) is 5.15 Å². The molecule has 0 bridgehead atoms. The van der Waals surface area contributed by atoms with Crippen LogP contribution < -0.4 is 5.73 Å². The maximum Gasteiger partial charge on any atom is 0.221 e. The highest BCUT2D eigenvalue weighted by Crippen LogP contribution is 2.34. The zero-order valence-corrected chi connectivity index (χ0v) is 7.24. The van der Waals surface area contributed by atoms with Crippen LogP contribution in [0.1, 0.15) is 5.69 Å². The standard InChI is InChI=1S/C6H6ClN3S/c7-5-4-3(1-2-11-4)9-6(8)10-5/h1-2H2,(H2,8,9,10). The predicted molar refractivity (Wildman–Crippen MR) is 45.9 cm³/mol. The van der Waals surface area contributed by atoms with E-state index >= 15 is 0 Å². The molecule has 3 nitrogen and oxygen atoms in total. The number of halogens is 1. The topological polar surface area (TPSA) is 51.8 Å². The molecule has 58 valence electrons. The fourth-order valence-electron chi connectivity index (χ4n) is 1.05. The van der Waals surface area contributed by atoms with Gasteiger partial charge in [-0.25, -0.2) is 9.97 Å². The number of hydrogen-bond donors (Lipinski definition) is 1. The van der Waals surface area contributed by atoms with Crippen molar-refractivity contribution in [1.29, 1.82) is 0 Å². The van der Waals surface area contributed by atoms with Crippen LogP contribution in [0.25, 0.3) is 0 Å². The molecule has 0 spiro atoms. The van der Waals surface area contributed by atoms with Crippen LogP contribution in [0.15, 0.2) is 4.90 Å². The number of hydrogen-bond acceptors (Lipinski definition) is 4. The Kier molecular flexibility index (Phi) is 1.65. The van der Waals surface area contributed by atoms with Gasteiger partial charge >= 0.3 is 0 Å². The molecule has 1 aromatic rings. The summed E-state index contributed by atoms with van der Waals surface area (Å²) in [7, 11) is 0. The van der Waals surface area contributed by atoms with Crippen LogP contribution in [0.3, 0.4) is 0 Å². The maximum atomic E-state index is 5.82. The number of thioether (sulfide) groups is 1. The van der Waals surface area contributed by atoms with Crippen LogP contribution in [0.2, 0.25) is 5.15 Å². The van der Waals surface area contributed by atoms with Gasteiger partial charge in [-0.05, 0) is 0 Å². The van der Waals surface area contributed by atoms with Gasteiger partial charge in [0.1, 0.15) is 5.15 Å². The van der Waals surface area contributed by atoms with Gasteiger partial charge in [0.05, 0.1) is 10.6 Å². The van der Waals surface area contributed by atoms with Crippen molar-refractivity contribution in [3.8, 4) is 0 Å². The first kappa shape index (κ1) is 7.18. The second-order valence-electron chi connectivity index (χ2n) is 2.25. The fourth-order valence-corrected chi connectivity index (χ4v) is 2.38. The third kappa shape index (κ3) is 1.16. The van der Waals surface area contributed by atoms with E-state index in [2.05, 4.69) is 9.97 Å². The molecule has 2 N–H and O–H groups in total. The van der Waals surface area contributed by atoms with Crippen molar-refractivity contribution in [2.75, 3.05) is 11.5 Å². The Balaban J connectivity index is 2.60. The summed E-state index contributed by atoms with van der Waals surface area (Å²) in [5.74, 6) is 1.31. The average molecular weight is 188 g/mol. The van der Waals surface area contributed by atoms with Crippen LogP contribution in [0.5, 0.6) is 0 Å². The van der Waals surface area contributed by atoms with Gasteiger partial charge in [0, 0.05) is 12.2 Å². The van der Waals surface area contributed by atoms with E-state index in [1.807, 2.05) is 0 Å². The normalized spacial score (nSPS) is 15.0. The summed E-state index contributed by atoms with van der Waals surface area (Å²) < 4.78 is 0. The Bertz CT molecular complexity index is 302. The maximum absolute atomic E-state index is 5.82. The van der Waals surface area contributed by atoms with Crippen LogP contribution in [-0.2, 0) is 6.42 Å². The number of aromatic nitrogens is 2. The highest BCUT2D eigenvalue weighted by atomic mass is 35.5. The highest BCUT2D eigenvalue weighted by molar-refractivity contribution is 7.99.